The highest BCUT2D eigenvalue weighted by Crippen LogP contribution is 2.18. The van der Waals surface area contributed by atoms with Gasteiger partial charge in [0.15, 0.2) is 0 Å². The summed E-state index contributed by atoms with van der Waals surface area (Å²) in [6, 6.07) is 0. The number of thiol groups is 1. The van der Waals surface area contributed by atoms with Gasteiger partial charge < -0.3 is 4.74 Å². The Morgan fingerprint density at radius 2 is 0.789 bits per heavy atom. The van der Waals surface area contributed by atoms with Crippen LogP contribution in [0.25, 0.3) is 0 Å². The highest BCUT2D eigenvalue weighted by atomic mass is 32.1. The first-order valence-corrected chi connectivity index (χ1v) is 17.8. The van der Waals surface area contributed by atoms with Crippen LogP contribution in [-0.4, -0.2) is 17.8 Å². The third kappa shape index (κ3) is 32.0. The normalized spacial score (nSPS) is 12.5. The van der Waals surface area contributed by atoms with E-state index in [-0.39, 0.29) is 5.97 Å². The van der Waals surface area contributed by atoms with Crippen LogP contribution in [0.1, 0.15) is 195 Å². The largest absolute Gasteiger partial charge is 0.466 e. The smallest absolute Gasteiger partial charge is 0.305 e. The number of unbranched alkanes of at least 4 members (excludes halogenated alkanes) is 18. The molecule has 0 fully saturated rings. The van der Waals surface area contributed by atoms with E-state index in [2.05, 4.69) is 27.7 Å². The molecule has 3 heteroatoms. The number of carbonyl (C=O) groups excluding carboxylic acids is 1. The number of ether oxygens (including phenoxy) is 1. The van der Waals surface area contributed by atoms with Crippen molar-refractivity contribution >= 4 is 18.6 Å². The van der Waals surface area contributed by atoms with E-state index in [1.165, 1.54) is 141 Å². The van der Waals surface area contributed by atoms with Gasteiger partial charge in [0.05, 0.1) is 6.61 Å². The first kappa shape index (κ1) is 37.8. The predicted octanol–water partition coefficient (Wildman–Crippen LogP) is 12.3. The van der Waals surface area contributed by atoms with Gasteiger partial charge in [0.1, 0.15) is 0 Å². The van der Waals surface area contributed by atoms with Crippen LogP contribution < -0.4 is 0 Å². The molecule has 0 aromatic carbocycles. The lowest BCUT2D eigenvalue weighted by molar-refractivity contribution is -0.143. The third-order valence-corrected chi connectivity index (χ3v) is 8.44. The summed E-state index contributed by atoms with van der Waals surface area (Å²) in [5.41, 5.74) is 0. The Morgan fingerprint density at radius 3 is 1.18 bits per heavy atom. The minimum Gasteiger partial charge on any atom is -0.466 e. The fraction of sp³-hybridized carbons (Fsp3) is 0.971. The Bertz CT molecular complexity index is 477. The molecule has 0 radical (unpaired) electrons. The van der Waals surface area contributed by atoms with Crippen molar-refractivity contribution in [2.75, 3.05) is 6.61 Å². The fourth-order valence-electron chi connectivity index (χ4n) is 5.30. The van der Waals surface area contributed by atoms with Crippen molar-refractivity contribution in [2.45, 2.75) is 200 Å². The number of rotatable bonds is 30. The second-order valence-electron chi connectivity index (χ2n) is 13.0. The van der Waals surface area contributed by atoms with E-state index in [0.717, 1.165) is 31.1 Å². The van der Waals surface area contributed by atoms with Crippen molar-refractivity contribution in [3.05, 3.63) is 0 Å². The molecule has 0 saturated carbocycles. The average Bonchev–Trinajstić information content (AvgIpc) is 2.87. The second kappa shape index (κ2) is 29.8. The van der Waals surface area contributed by atoms with Crippen molar-refractivity contribution in [1.82, 2.24) is 0 Å². The maximum atomic E-state index is 12.0. The van der Waals surface area contributed by atoms with Crippen LogP contribution in [0, 0.1) is 11.8 Å². The van der Waals surface area contributed by atoms with E-state index in [9.17, 15) is 4.79 Å². The van der Waals surface area contributed by atoms with Crippen LogP contribution in [0.3, 0.4) is 0 Å². The van der Waals surface area contributed by atoms with E-state index < -0.39 is 0 Å². The average molecular weight is 555 g/mol. The van der Waals surface area contributed by atoms with Gasteiger partial charge in [-0.15, -0.1) is 0 Å². The summed E-state index contributed by atoms with van der Waals surface area (Å²) >= 11 is 4.75. The molecule has 0 amide bonds. The molecule has 0 rings (SSSR count). The van der Waals surface area contributed by atoms with Crippen molar-refractivity contribution in [3.63, 3.8) is 0 Å². The SMILES string of the molecule is CC(C)CCCCCCCCCCCCOC(=O)CCCC(S)CCCCCCCCCCCCC(C)C. The van der Waals surface area contributed by atoms with E-state index in [4.69, 9.17) is 17.4 Å². The third-order valence-electron chi connectivity index (χ3n) is 7.93. The zero-order valence-corrected chi connectivity index (χ0v) is 27.5. The summed E-state index contributed by atoms with van der Waals surface area (Å²) in [5, 5.41) is 0.439. The first-order valence-electron chi connectivity index (χ1n) is 17.3. The number of esters is 1. The van der Waals surface area contributed by atoms with E-state index >= 15 is 0 Å². The fourth-order valence-corrected chi connectivity index (χ4v) is 5.67. The van der Waals surface area contributed by atoms with Gasteiger partial charge in [0.25, 0.3) is 0 Å². The van der Waals surface area contributed by atoms with Gasteiger partial charge in [-0.1, -0.05) is 163 Å². The molecular weight excluding hydrogens is 484 g/mol. The summed E-state index contributed by atoms with van der Waals surface area (Å²) < 4.78 is 5.44. The minimum absolute atomic E-state index is 0.0112. The van der Waals surface area contributed by atoms with Crippen LogP contribution in [0.5, 0.6) is 0 Å². The molecule has 0 spiro atoms. The molecular formula is C35H70O2S. The number of hydrogen-bond donors (Lipinski definition) is 1. The quantitative estimate of drug-likeness (QED) is 0.0543. The lowest BCUT2D eigenvalue weighted by Crippen LogP contribution is -2.07. The molecule has 2 nitrogen and oxygen atoms in total. The maximum Gasteiger partial charge on any atom is 0.305 e. The summed E-state index contributed by atoms with van der Waals surface area (Å²) in [4.78, 5) is 12.0. The van der Waals surface area contributed by atoms with Crippen molar-refractivity contribution in [2.24, 2.45) is 11.8 Å². The Hall–Kier alpha value is -0.180. The van der Waals surface area contributed by atoms with Crippen molar-refractivity contribution in [3.8, 4) is 0 Å². The van der Waals surface area contributed by atoms with E-state index in [1.54, 1.807) is 0 Å². The van der Waals surface area contributed by atoms with Crippen LogP contribution >= 0.6 is 12.6 Å². The summed E-state index contributed by atoms with van der Waals surface area (Å²) in [7, 11) is 0. The van der Waals surface area contributed by atoms with Gasteiger partial charge in [-0.2, -0.15) is 12.6 Å². The molecule has 0 aromatic heterocycles. The number of hydrogen-bond acceptors (Lipinski definition) is 3. The summed E-state index contributed by atoms with van der Waals surface area (Å²) in [6.07, 6.45) is 33.7. The zero-order valence-electron chi connectivity index (χ0n) is 26.6. The number of carbonyl (C=O) groups is 1. The molecule has 0 bridgehead atoms. The molecule has 0 aliphatic heterocycles. The van der Waals surface area contributed by atoms with Crippen LogP contribution in [0.2, 0.25) is 0 Å². The lowest BCUT2D eigenvalue weighted by Gasteiger charge is -2.10. The molecule has 0 aromatic rings. The Morgan fingerprint density at radius 1 is 0.474 bits per heavy atom. The monoisotopic (exact) mass is 555 g/mol. The zero-order chi connectivity index (χ0) is 28.1. The Kier molecular flexibility index (Phi) is 29.7. The molecule has 0 aliphatic rings. The second-order valence-corrected chi connectivity index (χ2v) is 13.7. The molecule has 228 valence electrons. The van der Waals surface area contributed by atoms with Gasteiger partial charge >= 0.3 is 5.97 Å². The van der Waals surface area contributed by atoms with Crippen LogP contribution in [0.4, 0.5) is 0 Å². The molecule has 1 atom stereocenters. The van der Waals surface area contributed by atoms with Crippen molar-refractivity contribution in [1.29, 1.82) is 0 Å². The topological polar surface area (TPSA) is 26.3 Å². The molecule has 0 heterocycles. The van der Waals surface area contributed by atoms with Gasteiger partial charge in [-0.25, -0.2) is 0 Å². The molecule has 38 heavy (non-hydrogen) atoms. The molecule has 0 N–H and O–H groups in total. The van der Waals surface area contributed by atoms with Gasteiger partial charge in [0, 0.05) is 11.7 Å². The van der Waals surface area contributed by atoms with Gasteiger partial charge in [-0.05, 0) is 37.5 Å². The highest BCUT2D eigenvalue weighted by molar-refractivity contribution is 7.80. The first-order chi connectivity index (χ1) is 18.4. The standard InChI is InChI=1S/C35H70O2S/c1-32(2)26-21-17-13-9-5-6-11-15-19-23-28-34(38)29-25-30-35(36)37-31-24-20-16-12-8-7-10-14-18-22-27-33(3)4/h32-34,38H,5-31H2,1-4H3. The maximum absolute atomic E-state index is 12.0. The van der Waals surface area contributed by atoms with E-state index in [0.29, 0.717) is 18.3 Å². The van der Waals surface area contributed by atoms with Crippen LogP contribution in [-0.2, 0) is 9.53 Å². The van der Waals surface area contributed by atoms with Crippen molar-refractivity contribution < 1.29 is 9.53 Å². The van der Waals surface area contributed by atoms with E-state index in [1.807, 2.05) is 0 Å². The molecule has 0 aliphatic carbocycles. The van der Waals surface area contributed by atoms with Gasteiger partial charge in [0.2, 0.25) is 0 Å². The Labute approximate surface area is 246 Å². The van der Waals surface area contributed by atoms with Gasteiger partial charge in [-0.3, -0.25) is 4.79 Å². The molecule has 1 unspecified atom stereocenters. The summed E-state index contributed by atoms with van der Waals surface area (Å²) in [6.45, 7) is 9.90. The lowest BCUT2D eigenvalue weighted by atomic mass is 10.0. The predicted molar refractivity (Wildman–Crippen MR) is 173 cm³/mol. The molecule has 0 saturated heterocycles. The Balaban J connectivity index is 3.29. The highest BCUT2D eigenvalue weighted by Gasteiger charge is 2.07. The van der Waals surface area contributed by atoms with Crippen LogP contribution in [0.15, 0.2) is 0 Å². The minimum atomic E-state index is -0.0112. The summed E-state index contributed by atoms with van der Waals surface area (Å²) in [5.74, 6) is 1.72.